The van der Waals surface area contributed by atoms with Gasteiger partial charge in [-0.25, -0.2) is 4.39 Å². The molecule has 0 aliphatic rings. The van der Waals surface area contributed by atoms with E-state index in [-0.39, 0.29) is 16.4 Å². The van der Waals surface area contributed by atoms with Gasteiger partial charge in [0, 0.05) is 12.2 Å². The summed E-state index contributed by atoms with van der Waals surface area (Å²) in [7, 11) is 0. The van der Waals surface area contributed by atoms with Gasteiger partial charge in [-0.1, -0.05) is 11.6 Å². The number of carbonyl (C=O) groups excluding carboxylic acids is 1. The molecule has 7 heteroatoms. The number of halogens is 2. The molecule has 0 radical (unpaired) electrons. The maximum absolute atomic E-state index is 13.0. The normalized spacial score (nSPS) is 10.5. The number of nitrogens with two attached hydrogens (primary N) is 1. The maximum Gasteiger partial charge on any atom is 0.276 e. The average Bonchev–Trinajstić information content (AvgIpc) is 2.75. The number of hydrogen-bond donors (Lipinski definition) is 2. The molecule has 0 aliphatic carbocycles. The summed E-state index contributed by atoms with van der Waals surface area (Å²) in [4.78, 5) is 12.1. The van der Waals surface area contributed by atoms with Gasteiger partial charge < -0.3 is 11.1 Å². The summed E-state index contributed by atoms with van der Waals surface area (Å²) < 4.78 is 14.5. The number of aryl methyl sites for hydroxylation is 1. The van der Waals surface area contributed by atoms with Crippen molar-refractivity contribution in [1.29, 1.82) is 0 Å². The first-order valence-electron chi connectivity index (χ1n) is 5.60. The molecular formula is C12H12ClFN4O. The predicted molar refractivity (Wildman–Crippen MR) is 71.7 cm³/mol. The van der Waals surface area contributed by atoms with Gasteiger partial charge in [0.25, 0.3) is 5.91 Å². The molecule has 1 aromatic carbocycles. The second-order valence-corrected chi connectivity index (χ2v) is 4.25. The number of hydrogen-bond acceptors (Lipinski definition) is 3. The van der Waals surface area contributed by atoms with Gasteiger partial charge in [-0.2, -0.15) is 5.10 Å². The Morgan fingerprint density at radius 3 is 2.95 bits per heavy atom. The largest absolute Gasteiger partial charge is 0.396 e. The number of amides is 1. The molecule has 2 rings (SSSR count). The van der Waals surface area contributed by atoms with E-state index in [0.29, 0.717) is 12.2 Å². The van der Waals surface area contributed by atoms with Crippen LogP contribution in [0, 0.1) is 5.82 Å². The highest BCUT2D eigenvalue weighted by Crippen LogP contribution is 2.20. The van der Waals surface area contributed by atoms with Crippen LogP contribution in [0.15, 0.2) is 24.4 Å². The zero-order valence-electron chi connectivity index (χ0n) is 10.2. The minimum Gasteiger partial charge on any atom is -0.396 e. The van der Waals surface area contributed by atoms with Crippen LogP contribution in [-0.2, 0) is 6.54 Å². The molecule has 0 spiro atoms. The summed E-state index contributed by atoms with van der Waals surface area (Å²) >= 11 is 5.64. The number of benzene rings is 1. The molecule has 0 aliphatic heterocycles. The third-order valence-electron chi connectivity index (χ3n) is 2.56. The zero-order valence-corrected chi connectivity index (χ0v) is 10.9. The van der Waals surface area contributed by atoms with Crippen molar-refractivity contribution in [3.05, 3.63) is 40.9 Å². The second kappa shape index (κ2) is 5.27. The molecule has 0 saturated carbocycles. The number of nitrogens with one attached hydrogen (secondary N) is 1. The Hall–Kier alpha value is -2.08. The van der Waals surface area contributed by atoms with Crippen molar-refractivity contribution in [3.63, 3.8) is 0 Å². The summed E-state index contributed by atoms with van der Waals surface area (Å²) in [6.45, 7) is 2.36. The first-order chi connectivity index (χ1) is 9.02. The minimum atomic E-state index is -0.544. The van der Waals surface area contributed by atoms with Crippen molar-refractivity contribution >= 4 is 28.9 Å². The topological polar surface area (TPSA) is 72.9 Å². The molecule has 0 saturated heterocycles. The summed E-state index contributed by atoms with van der Waals surface area (Å²) in [5.74, 6) is -0.961. The summed E-state index contributed by atoms with van der Waals surface area (Å²) in [6, 6.07) is 3.93. The molecule has 0 bridgehead atoms. The third-order valence-corrected chi connectivity index (χ3v) is 2.85. The lowest BCUT2D eigenvalue weighted by atomic mass is 10.3. The molecule has 2 aromatic rings. The Bertz CT molecular complexity index is 626. The lowest BCUT2D eigenvalue weighted by Crippen LogP contribution is -2.18. The van der Waals surface area contributed by atoms with E-state index < -0.39 is 11.7 Å². The minimum absolute atomic E-state index is 0.0604. The van der Waals surface area contributed by atoms with Crippen LogP contribution in [0.4, 0.5) is 15.8 Å². The Morgan fingerprint density at radius 1 is 1.58 bits per heavy atom. The van der Waals surface area contributed by atoms with Gasteiger partial charge in [0.2, 0.25) is 0 Å². The van der Waals surface area contributed by atoms with Crippen molar-refractivity contribution in [3.8, 4) is 0 Å². The number of aromatic nitrogens is 2. The standard InChI is InChI=1S/C12H12ClFN4O/c1-2-18-11(10(15)6-16-18)12(19)17-7-3-4-9(14)8(13)5-7/h3-6H,2,15H2,1H3,(H,17,19). The Morgan fingerprint density at radius 2 is 2.32 bits per heavy atom. The number of anilines is 2. The van der Waals surface area contributed by atoms with Crippen LogP contribution in [0.5, 0.6) is 0 Å². The van der Waals surface area contributed by atoms with Gasteiger partial charge in [0.15, 0.2) is 0 Å². The van der Waals surface area contributed by atoms with Crippen molar-refractivity contribution in [1.82, 2.24) is 9.78 Å². The van der Waals surface area contributed by atoms with Gasteiger partial charge >= 0.3 is 0 Å². The summed E-state index contributed by atoms with van der Waals surface area (Å²) in [6.07, 6.45) is 1.41. The number of rotatable bonds is 3. The van der Waals surface area contributed by atoms with Crippen LogP contribution in [0.25, 0.3) is 0 Å². The molecule has 1 heterocycles. The lowest BCUT2D eigenvalue weighted by Gasteiger charge is -2.08. The van der Waals surface area contributed by atoms with E-state index >= 15 is 0 Å². The lowest BCUT2D eigenvalue weighted by molar-refractivity contribution is 0.101. The molecular weight excluding hydrogens is 271 g/mol. The van der Waals surface area contributed by atoms with Crippen LogP contribution in [0.3, 0.4) is 0 Å². The monoisotopic (exact) mass is 282 g/mol. The average molecular weight is 283 g/mol. The van der Waals surface area contributed by atoms with E-state index in [1.54, 1.807) is 0 Å². The number of nitrogen functional groups attached to an aromatic ring is 1. The molecule has 0 fully saturated rings. The van der Waals surface area contributed by atoms with Crippen molar-refractivity contribution in [2.45, 2.75) is 13.5 Å². The molecule has 1 aromatic heterocycles. The molecule has 0 atom stereocenters. The molecule has 0 unspecified atom stereocenters. The quantitative estimate of drug-likeness (QED) is 0.908. The van der Waals surface area contributed by atoms with Crippen molar-refractivity contribution < 1.29 is 9.18 Å². The molecule has 3 N–H and O–H groups in total. The van der Waals surface area contributed by atoms with Crippen LogP contribution < -0.4 is 11.1 Å². The summed E-state index contributed by atoms with van der Waals surface area (Å²) in [5.41, 5.74) is 6.64. The van der Waals surface area contributed by atoms with E-state index in [1.165, 1.54) is 29.1 Å². The van der Waals surface area contributed by atoms with Gasteiger partial charge in [-0.3, -0.25) is 9.48 Å². The van der Waals surface area contributed by atoms with E-state index in [9.17, 15) is 9.18 Å². The highest BCUT2D eigenvalue weighted by atomic mass is 35.5. The summed E-state index contributed by atoms with van der Waals surface area (Å²) in [5, 5.41) is 6.51. The van der Waals surface area contributed by atoms with E-state index in [2.05, 4.69) is 10.4 Å². The predicted octanol–water partition coefficient (Wildman–Crippen LogP) is 2.53. The fourth-order valence-corrected chi connectivity index (χ4v) is 1.83. The van der Waals surface area contributed by atoms with Crippen LogP contribution >= 0.6 is 11.6 Å². The van der Waals surface area contributed by atoms with Crippen LogP contribution in [-0.4, -0.2) is 15.7 Å². The molecule has 1 amide bonds. The van der Waals surface area contributed by atoms with Crippen LogP contribution in [0.1, 0.15) is 17.4 Å². The van der Waals surface area contributed by atoms with E-state index in [4.69, 9.17) is 17.3 Å². The SMILES string of the molecule is CCn1ncc(N)c1C(=O)Nc1ccc(F)c(Cl)c1. The fraction of sp³-hybridized carbons (Fsp3) is 0.167. The van der Waals surface area contributed by atoms with E-state index in [0.717, 1.165) is 0 Å². The van der Waals surface area contributed by atoms with Gasteiger partial charge in [0.1, 0.15) is 11.5 Å². The molecule has 5 nitrogen and oxygen atoms in total. The highest BCUT2D eigenvalue weighted by molar-refractivity contribution is 6.31. The second-order valence-electron chi connectivity index (χ2n) is 3.85. The van der Waals surface area contributed by atoms with Gasteiger partial charge in [0.05, 0.1) is 16.9 Å². The Balaban J connectivity index is 2.25. The maximum atomic E-state index is 13.0. The van der Waals surface area contributed by atoms with Crippen molar-refractivity contribution in [2.24, 2.45) is 0 Å². The van der Waals surface area contributed by atoms with Crippen molar-refractivity contribution in [2.75, 3.05) is 11.1 Å². The Kier molecular flexibility index (Phi) is 3.71. The van der Waals surface area contributed by atoms with Gasteiger partial charge in [-0.15, -0.1) is 0 Å². The highest BCUT2D eigenvalue weighted by Gasteiger charge is 2.16. The number of nitrogens with zero attached hydrogens (tertiary/aromatic N) is 2. The zero-order chi connectivity index (χ0) is 14.0. The molecule has 19 heavy (non-hydrogen) atoms. The van der Waals surface area contributed by atoms with E-state index in [1.807, 2.05) is 6.92 Å². The third kappa shape index (κ3) is 2.68. The molecule has 100 valence electrons. The fourth-order valence-electron chi connectivity index (χ4n) is 1.65. The Labute approximate surface area is 114 Å². The van der Waals surface area contributed by atoms with Crippen LogP contribution in [0.2, 0.25) is 5.02 Å². The smallest absolute Gasteiger partial charge is 0.276 e. The number of carbonyl (C=O) groups is 1. The first kappa shape index (κ1) is 13.4. The first-order valence-corrected chi connectivity index (χ1v) is 5.98. The van der Waals surface area contributed by atoms with Gasteiger partial charge in [-0.05, 0) is 25.1 Å².